The minimum atomic E-state index is -4.06. The lowest BCUT2D eigenvalue weighted by atomic mass is 10.0. The van der Waals surface area contributed by atoms with E-state index in [9.17, 15) is 8.42 Å². The lowest BCUT2D eigenvalue weighted by Crippen LogP contribution is -2.38. The topological polar surface area (TPSA) is 92.9 Å². The Bertz CT molecular complexity index is 418. The van der Waals surface area contributed by atoms with E-state index in [1.54, 1.807) is 0 Å². The molecule has 164 valence electrons. The van der Waals surface area contributed by atoms with E-state index in [1.165, 1.54) is 83.5 Å². The van der Waals surface area contributed by atoms with Crippen LogP contribution in [0.2, 0.25) is 0 Å². The molecule has 0 aliphatic heterocycles. The molecule has 0 rings (SSSR count). The molecule has 0 radical (unpaired) electrons. The summed E-state index contributed by atoms with van der Waals surface area (Å²) >= 11 is 0. The maximum Gasteiger partial charge on any atom is 0.267 e. The van der Waals surface area contributed by atoms with Crippen molar-refractivity contribution in [2.75, 3.05) is 25.9 Å². The Morgan fingerprint density at radius 2 is 1.26 bits per heavy atom. The van der Waals surface area contributed by atoms with Crippen molar-refractivity contribution in [3.63, 3.8) is 0 Å². The number of likely N-dealkylation sites (N-methyl/N-ethyl adjacent to an activating group) is 1. The van der Waals surface area contributed by atoms with Gasteiger partial charge in [0.15, 0.2) is 0 Å². The fourth-order valence-corrected chi connectivity index (χ4v) is 4.04. The Balaban J connectivity index is 3.41. The third-order valence-corrected chi connectivity index (χ3v) is 5.79. The summed E-state index contributed by atoms with van der Waals surface area (Å²) in [7, 11) is -2.15. The molecule has 0 bridgehead atoms. The normalized spacial score (nSPS) is 13.4. The van der Waals surface area contributed by atoms with Crippen LogP contribution in [0.5, 0.6) is 0 Å². The van der Waals surface area contributed by atoms with Crippen molar-refractivity contribution in [2.24, 2.45) is 5.90 Å². The molecular formula is C20H44N2O4S. The molecule has 0 unspecified atom stereocenters. The van der Waals surface area contributed by atoms with Crippen LogP contribution in [-0.4, -0.2) is 49.9 Å². The van der Waals surface area contributed by atoms with Crippen molar-refractivity contribution < 1.29 is 17.8 Å². The van der Waals surface area contributed by atoms with Crippen LogP contribution in [-0.2, 0) is 15.0 Å². The fraction of sp³-hybridized carbons (Fsp3) is 1.00. The summed E-state index contributed by atoms with van der Waals surface area (Å²) in [6.45, 7) is 3.54. The Morgan fingerprint density at radius 1 is 0.852 bits per heavy atom. The molecule has 0 saturated carbocycles. The molecular weight excluding hydrogens is 364 g/mol. The second kappa shape index (κ2) is 17.9. The van der Waals surface area contributed by atoms with E-state index in [4.69, 9.17) is 10.4 Å². The monoisotopic (exact) mass is 408 g/mol. The van der Waals surface area contributed by atoms with Gasteiger partial charge in [-0.3, -0.25) is 9.39 Å². The minimum Gasteiger partial charge on any atom is -0.304 e. The van der Waals surface area contributed by atoms with Crippen LogP contribution in [0.4, 0.5) is 0 Å². The van der Waals surface area contributed by atoms with Crippen molar-refractivity contribution in [1.29, 1.82) is 0 Å². The molecule has 0 aliphatic rings. The third-order valence-electron chi connectivity index (χ3n) is 5.00. The van der Waals surface area contributed by atoms with Gasteiger partial charge in [-0.05, 0) is 20.0 Å². The second-order valence-corrected chi connectivity index (χ2v) is 9.36. The van der Waals surface area contributed by atoms with Crippen LogP contribution < -0.4 is 5.90 Å². The summed E-state index contributed by atoms with van der Waals surface area (Å²) < 4.78 is 30.6. The zero-order valence-corrected chi connectivity index (χ0v) is 18.5. The van der Waals surface area contributed by atoms with Gasteiger partial charge in [-0.15, -0.1) is 0 Å². The van der Waals surface area contributed by atoms with Crippen LogP contribution >= 0.6 is 0 Å². The van der Waals surface area contributed by atoms with Gasteiger partial charge in [0.2, 0.25) is 0 Å². The van der Waals surface area contributed by atoms with Crippen LogP contribution in [0.1, 0.15) is 96.8 Å². The zero-order chi connectivity index (χ0) is 20.4. The lowest BCUT2D eigenvalue weighted by molar-refractivity contribution is 0.0441. The molecule has 0 spiro atoms. The molecule has 1 atom stereocenters. The van der Waals surface area contributed by atoms with Gasteiger partial charge in [-0.2, -0.15) is 8.42 Å². The van der Waals surface area contributed by atoms with Gasteiger partial charge >= 0.3 is 0 Å². The molecule has 7 heteroatoms. The molecule has 0 aliphatic carbocycles. The van der Waals surface area contributed by atoms with Crippen molar-refractivity contribution in [3.8, 4) is 0 Å². The van der Waals surface area contributed by atoms with E-state index in [-0.39, 0.29) is 0 Å². The van der Waals surface area contributed by atoms with Gasteiger partial charge in [0.1, 0.15) is 11.9 Å². The Labute approximate surface area is 167 Å². The second-order valence-electron chi connectivity index (χ2n) is 7.87. The van der Waals surface area contributed by atoms with E-state index in [0.717, 1.165) is 13.0 Å². The largest absolute Gasteiger partial charge is 0.304 e. The summed E-state index contributed by atoms with van der Waals surface area (Å²) in [5.41, 5.74) is 0. The summed E-state index contributed by atoms with van der Waals surface area (Å²) in [4.78, 5) is 6.64. The molecule has 27 heavy (non-hydrogen) atoms. The van der Waals surface area contributed by atoms with Crippen LogP contribution in [0.25, 0.3) is 0 Å². The van der Waals surface area contributed by atoms with Gasteiger partial charge in [0.25, 0.3) is 10.1 Å². The van der Waals surface area contributed by atoms with Crippen molar-refractivity contribution >= 4 is 10.1 Å². The summed E-state index contributed by atoms with van der Waals surface area (Å²) in [5.74, 6) is 4.64. The van der Waals surface area contributed by atoms with Gasteiger partial charge < -0.3 is 4.90 Å². The summed E-state index contributed by atoms with van der Waals surface area (Å²) in [5, 5.41) is 0. The van der Waals surface area contributed by atoms with E-state index in [1.807, 2.05) is 11.9 Å². The first kappa shape index (κ1) is 26.8. The maximum absolute atomic E-state index is 10.9. The molecule has 0 aromatic rings. The molecule has 0 fully saturated rings. The molecule has 0 aromatic carbocycles. The number of hydrogen-bond acceptors (Lipinski definition) is 5. The number of nitrogens with two attached hydrogens (primary N) is 1. The van der Waals surface area contributed by atoms with Crippen molar-refractivity contribution in [1.82, 2.24) is 4.90 Å². The van der Waals surface area contributed by atoms with E-state index < -0.39 is 22.0 Å². The number of hydrogen-bond donors (Lipinski definition) is 2. The lowest BCUT2D eigenvalue weighted by Gasteiger charge is -2.21. The summed E-state index contributed by atoms with van der Waals surface area (Å²) in [6, 6.07) is 0. The average Bonchev–Trinajstić information content (AvgIpc) is 2.60. The number of nitrogens with zero attached hydrogens (tertiary/aromatic N) is 1. The predicted octanol–water partition coefficient (Wildman–Crippen LogP) is 4.55. The first-order valence-electron chi connectivity index (χ1n) is 10.9. The SMILES string of the molecule is CCCCCCCCCCCCCCCCN(C)C[C@@H](CS(=O)(=O)O)ON. The van der Waals surface area contributed by atoms with E-state index in [0.29, 0.717) is 6.54 Å². The molecule has 0 aromatic heterocycles. The standard InChI is InChI=1S/C20H44N2O4S/c1-3-4-5-6-7-8-9-10-11-12-13-14-15-16-17-22(2)18-20(26-21)19-27(23,24)25/h20H,3-19,21H2,1-2H3,(H,23,24,25)/t20-/m0/s1. The minimum absolute atomic E-state index is 0.398. The predicted molar refractivity (Wildman–Crippen MR) is 113 cm³/mol. The fourth-order valence-electron chi connectivity index (χ4n) is 3.39. The van der Waals surface area contributed by atoms with Gasteiger partial charge in [-0.25, -0.2) is 5.90 Å². The third kappa shape index (κ3) is 20.3. The van der Waals surface area contributed by atoms with E-state index in [2.05, 4.69) is 11.8 Å². The molecule has 0 saturated heterocycles. The van der Waals surface area contributed by atoms with Gasteiger partial charge in [-0.1, -0.05) is 90.4 Å². The van der Waals surface area contributed by atoms with Crippen LogP contribution in [0.15, 0.2) is 0 Å². The van der Waals surface area contributed by atoms with Gasteiger partial charge in [0.05, 0.1) is 0 Å². The first-order valence-corrected chi connectivity index (χ1v) is 12.5. The molecule has 0 amide bonds. The highest BCUT2D eigenvalue weighted by Crippen LogP contribution is 2.13. The highest BCUT2D eigenvalue weighted by atomic mass is 32.2. The molecule has 6 nitrogen and oxygen atoms in total. The van der Waals surface area contributed by atoms with Crippen molar-refractivity contribution in [2.45, 2.75) is 103 Å². The molecule has 0 heterocycles. The highest BCUT2D eigenvalue weighted by Gasteiger charge is 2.18. The Kier molecular flexibility index (Phi) is 17.7. The zero-order valence-electron chi connectivity index (χ0n) is 17.7. The number of unbranched alkanes of at least 4 members (excludes halogenated alkanes) is 13. The van der Waals surface area contributed by atoms with Crippen LogP contribution in [0.3, 0.4) is 0 Å². The highest BCUT2D eigenvalue weighted by molar-refractivity contribution is 7.85. The quantitative estimate of drug-likeness (QED) is 0.174. The van der Waals surface area contributed by atoms with Crippen molar-refractivity contribution in [3.05, 3.63) is 0 Å². The Morgan fingerprint density at radius 3 is 1.63 bits per heavy atom. The average molecular weight is 409 g/mol. The van der Waals surface area contributed by atoms with Crippen LogP contribution in [0, 0.1) is 0 Å². The first-order chi connectivity index (χ1) is 12.9. The molecule has 3 N–H and O–H groups in total. The van der Waals surface area contributed by atoms with E-state index >= 15 is 0 Å². The Hall–Kier alpha value is -0.210. The maximum atomic E-state index is 10.9. The smallest absolute Gasteiger partial charge is 0.267 e. The van der Waals surface area contributed by atoms with Gasteiger partial charge in [0, 0.05) is 6.54 Å². The summed E-state index contributed by atoms with van der Waals surface area (Å²) in [6.07, 6.45) is 18.0. The number of rotatable bonds is 20.